The standard InChI is InChI=1S/C21H17Cl2N3O2/c1-13(27)25-18-9-4-15(5-10-18)21(28)26-20(14-2-6-16(22)7-3-14)19-11-8-17(23)12-24-19/h2-12,20H,1H3,(H,25,27)(H,26,28)/t20-/m0/s1. The Balaban J connectivity index is 1.86. The molecule has 28 heavy (non-hydrogen) atoms. The van der Waals surface area contributed by atoms with Gasteiger partial charge in [-0.15, -0.1) is 0 Å². The maximum atomic E-state index is 12.8. The highest BCUT2D eigenvalue weighted by Crippen LogP contribution is 2.24. The Bertz CT molecular complexity index is 927. The average molecular weight is 414 g/mol. The summed E-state index contributed by atoms with van der Waals surface area (Å²) in [6.45, 7) is 1.43. The predicted molar refractivity (Wildman–Crippen MR) is 111 cm³/mol. The largest absolute Gasteiger partial charge is 0.340 e. The Hall–Kier alpha value is -2.89. The van der Waals surface area contributed by atoms with Crippen LogP contribution in [0.3, 0.4) is 0 Å². The van der Waals surface area contributed by atoms with Crippen LogP contribution in [0.4, 0.5) is 5.69 Å². The van der Waals surface area contributed by atoms with Gasteiger partial charge < -0.3 is 10.6 Å². The minimum Gasteiger partial charge on any atom is -0.340 e. The van der Waals surface area contributed by atoms with E-state index in [0.717, 1.165) is 5.56 Å². The van der Waals surface area contributed by atoms with Crippen LogP contribution in [-0.4, -0.2) is 16.8 Å². The van der Waals surface area contributed by atoms with E-state index >= 15 is 0 Å². The van der Waals surface area contributed by atoms with Crippen LogP contribution in [-0.2, 0) is 4.79 Å². The van der Waals surface area contributed by atoms with Crippen molar-refractivity contribution in [3.05, 3.63) is 93.7 Å². The van der Waals surface area contributed by atoms with Crippen LogP contribution in [0.5, 0.6) is 0 Å². The van der Waals surface area contributed by atoms with Gasteiger partial charge in [-0.25, -0.2) is 0 Å². The summed E-state index contributed by atoms with van der Waals surface area (Å²) >= 11 is 11.9. The first-order valence-corrected chi connectivity index (χ1v) is 9.23. The molecule has 0 fully saturated rings. The molecule has 0 aliphatic carbocycles. The zero-order valence-corrected chi connectivity index (χ0v) is 16.5. The number of halogens is 2. The zero-order chi connectivity index (χ0) is 20.1. The third kappa shape index (κ3) is 5.09. The molecule has 1 atom stereocenters. The lowest BCUT2D eigenvalue weighted by Crippen LogP contribution is -2.29. The minimum atomic E-state index is -0.475. The van der Waals surface area contributed by atoms with Gasteiger partial charge in [0.2, 0.25) is 5.91 Å². The fourth-order valence-corrected chi connectivity index (χ4v) is 2.90. The molecule has 3 rings (SSSR count). The second kappa shape index (κ2) is 8.87. The average Bonchev–Trinajstić information content (AvgIpc) is 2.68. The molecule has 0 spiro atoms. The topological polar surface area (TPSA) is 71.1 Å². The smallest absolute Gasteiger partial charge is 0.252 e. The van der Waals surface area contributed by atoms with Crippen LogP contribution in [0.2, 0.25) is 10.0 Å². The Morgan fingerprint density at radius 3 is 2.11 bits per heavy atom. The number of nitrogens with zero attached hydrogens (tertiary/aromatic N) is 1. The molecule has 1 aromatic heterocycles. The molecular formula is C21H17Cl2N3O2. The second-order valence-corrected chi connectivity index (χ2v) is 6.99. The number of hydrogen-bond acceptors (Lipinski definition) is 3. The van der Waals surface area contributed by atoms with Gasteiger partial charge in [-0.3, -0.25) is 14.6 Å². The molecule has 7 heteroatoms. The summed E-state index contributed by atoms with van der Waals surface area (Å²) in [7, 11) is 0. The Kier molecular flexibility index (Phi) is 6.29. The molecule has 142 valence electrons. The van der Waals surface area contributed by atoms with Gasteiger partial charge >= 0.3 is 0 Å². The van der Waals surface area contributed by atoms with Gasteiger partial charge in [-0.1, -0.05) is 35.3 Å². The fourth-order valence-electron chi connectivity index (χ4n) is 2.66. The Morgan fingerprint density at radius 1 is 0.893 bits per heavy atom. The molecule has 0 aliphatic rings. The SMILES string of the molecule is CC(=O)Nc1ccc(C(=O)N[C@@H](c2ccc(Cl)cc2)c2ccc(Cl)cn2)cc1. The Labute approximate surface area is 172 Å². The predicted octanol–water partition coefficient (Wildman–Crippen LogP) is 4.87. The maximum absolute atomic E-state index is 12.8. The van der Waals surface area contributed by atoms with Crippen LogP contribution in [0.25, 0.3) is 0 Å². The normalized spacial score (nSPS) is 11.5. The molecule has 0 unspecified atom stereocenters. The van der Waals surface area contributed by atoms with E-state index in [0.29, 0.717) is 27.0 Å². The molecule has 2 N–H and O–H groups in total. The van der Waals surface area contributed by atoms with Gasteiger partial charge in [-0.2, -0.15) is 0 Å². The van der Waals surface area contributed by atoms with E-state index < -0.39 is 6.04 Å². The summed E-state index contributed by atoms with van der Waals surface area (Å²) in [5.74, 6) is -0.445. The number of pyridine rings is 1. The lowest BCUT2D eigenvalue weighted by Gasteiger charge is -2.19. The van der Waals surface area contributed by atoms with Crippen molar-refractivity contribution in [2.24, 2.45) is 0 Å². The summed E-state index contributed by atoms with van der Waals surface area (Å²) in [4.78, 5) is 28.3. The van der Waals surface area contributed by atoms with Crippen LogP contribution in [0.1, 0.15) is 34.6 Å². The number of benzene rings is 2. The van der Waals surface area contributed by atoms with Crippen LogP contribution >= 0.6 is 23.2 Å². The molecule has 0 saturated carbocycles. The van der Waals surface area contributed by atoms with Gasteiger partial charge in [0.1, 0.15) is 0 Å². The molecule has 0 saturated heterocycles. The van der Waals surface area contributed by atoms with Gasteiger partial charge in [-0.05, 0) is 54.1 Å². The van der Waals surface area contributed by atoms with Gasteiger partial charge in [0.25, 0.3) is 5.91 Å². The summed E-state index contributed by atoms with van der Waals surface area (Å²) in [5.41, 5.74) is 2.57. The number of carbonyl (C=O) groups is 2. The van der Waals surface area contributed by atoms with Gasteiger partial charge in [0, 0.05) is 29.4 Å². The number of carbonyl (C=O) groups excluding carboxylic acids is 2. The number of hydrogen-bond donors (Lipinski definition) is 2. The highest BCUT2D eigenvalue weighted by Gasteiger charge is 2.19. The molecule has 0 bridgehead atoms. The first kappa shape index (κ1) is 19.9. The van der Waals surface area contributed by atoms with E-state index in [1.165, 1.54) is 13.1 Å². The summed E-state index contributed by atoms with van der Waals surface area (Å²) in [6, 6.07) is 16.8. The summed E-state index contributed by atoms with van der Waals surface area (Å²) < 4.78 is 0. The van der Waals surface area contributed by atoms with Crippen molar-refractivity contribution in [3.63, 3.8) is 0 Å². The first-order chi connectivity index (χ1) is 13.4. The molecule has 0 aliphatic heterocycles. The van der Waals surface area contributed by atoms with E-state index in [-0.39, 0.29) is 11.8 Å². The monoisotopic (exact) mass is 413 g/mol. The van der Waals surface area contributed by atoms with Crippen molar-refractivity contribution < 1.29 is 9.59 Å². The summed E-state index contributed by atoms with van der Waals surface area (Å²) in [5, 5.41) is 6.77. The number of amides is 2. The lowest BCUT2D eigenvalue weighted by atomic mass is 10.0. The second-order valence-electron chi connectivity index (χ2n) is 6.12. The zero-order valence-electron chi connectivity index (χ0n) is 14.9. The molecule has 1 heterocycles. The van der Waals surface area contributed by atoms with Crippen molar-refractivity contribution in [1.82, 2.24) is 10.3 Å². The van der Waals surface area contributed by atoms with Gasteiger partial charge in [0.15, 0.2) is 0 Å². The van der Waals surface area contributed by atoms with Gasteiger partial charge in [0.05, 0.1) is 16.8 Å². The summed E-state index contributed by atoms with van der Waals surface area (Å²) in [6.07, 6.45) is 1.54. The lowest BCUT2D eigenvalue weighted by molar-refractivity contribution is -0.114. The molecule has 5 nitrogen and oxygen atoms in total. The number of aromatic nitrogens is 1. The third-order valence-corrected chi connectivity index (χ3v) is 4.47. The number of anilines is 1. The highest BCUT2D eigenvalue weighted by molar-refractivity contribution is 6.30. The molecule has 2 aromatic carbocycles. The van der Waals surface area contributed by atoms with E-state index in [1.54, 1.807) is 48.5 Å². The third-order valence-electron chi connectivity index (χ3n) is 3.99. The van der Waals surface area contributed by atoms with E-state index in [4.69, 9.17) is 23.2 Å². The Morgan fingerprint density at radius 2 is 1.54 bits per heavy atom. The number of nitrogens with one attached hydrogen (secondary N) is 2. The van der Waals surface area contributed by atoms with Crippen molar-refractivity contribution >= 4 is 40.7 Å². The maximum Gasteiger partial charge on any atom is 0.252 e. The van der Waals surface area contributed by atoms with Crippen molar-refractivity contribution in [1.29, 1.82) is 0 Å². The van der Waals surface area contributed by atoms with Crippen LogP contribution in [0.15, 0.2) is 66.9 Å². The van der Waals surface area contributed by atoms with E-state index in [2.05, 4.69) is 15.6 Å². The van der Waals surface area contributed by atoms with E-state index in [1.807, 2.05) is 12.1 Å². The van der Waals surface area contributed by atoms with Crippen molar-refractivity contribution in [2.75, 3.05) is 5.32 Å². The fraction of sp³-hybridized carbons (Fsp3) is 0.0952. The quantitative estimate of drug-likeness (QED) is 0.626. The highest BCUT2D eigenvalue weighted by atomic mass is 35.5. The van der Waals surface area contributed by atoms with Crippen LogP contribution in [0, 0.1) is 0 Å². The number of rotatable bonds is 5. The molecular weight excluding hydrogens is 397 g/mol. The molecule has 0 radical (unpaired) electrons. The molecule has 2 amide bonds. The van der Waals surface area contributed by atoms with Crippen LogP contribution < -0.4 is 10.6 Å². The molecule has 3 aromatic rings. The minimum absolute atomic E-state index is 0.172. The van der Waals surface area contributed by atoms with Crippen molar-refractivity contribution in [2.45, 2.75) is 13.0 Å². The van der Waals surface area contributed by atoms with Crippen molar-refractivity contribution in [3.8, 4) is 0 Å². The van der Waals surface area contributed by atoms with E-state index in [9.17, 15) is 9.59 Å². The first-order valence-electron chi connectivity index (χ1n) is 8.48.